The summed E-state index contributed by atoms with van der Waals surface area (Å²) in [6.45, 7) is 3.78. The van der Waals surface area contributed by atoms with Crippen molar-refractivity contribution in [1.82, 2.24) is 4.98 Å². The number of nitrogens with zero attached hydrogens (tertiary/aromatic N) is 1. The lowest BCUT2D eigenvalue weighted by Gasteiger charge is -2.12. The Labute approximate surface area is 146 Å². The summed E-state index contributed by atoms with van der Waals surface area (Å²) in [7, 11) is 0. The second kappa shape index (κ2) is 8.96. The van der Waals surface area contributed by atoms with E-state index < -0.39 is 6.04 Å². The molecule has 0 aliphatic heterocycles. The molecule has 2 rings (SSSR count). The minimum absolute atomic E-state index is 0. The molecule has 0 spiro atoms. The van der Waals surface area contributed by atoms with Gasteiger partial charge in [0.1, 0.15) is 5.76 Å². The molecule has 0 aliphatic carbocycles. The zero-order chi connectivity index (χ0) is 16.1. The number of aromatic nitrogens is 1. The molecule has 0 radical (unpaired) electrons. The van der Waals surface area contributed by atoms with Crippen molar-refractivity contribution in [2.24, 2.45) is 5.73 Å². The van der Waals surface area contributed by atoms with E-state index in [2.05, 4.69) is 10.3 Å². The molecule has 0 saturated carbocycles. The fraction of sp³-hybridized carbons (Fsp3) is 0.375. The summed E-state index contributed by atoms with van der Waals surface area (Å²) in [5, 5.41) is 2.84. The van der Waals surface area contributed by atoms with Crippen LogP contribution in [0, 0.1) is 13.8 Å². The monoisotopic (exact) mass is 355 g/mol. The van der Waals surface area contributed by atoms with Crippen LogP contribution in [0.1, 0.15) is 17.9 Å². The van der Waals surface area contributed by atoms with Crippen LogP contribution in [-0.2, 0) is 4.79 Å². The second-order valence-electron chi connectivity index (χ2n) is 5.12. The fourth-order valence-electron chi connectivity index (χ4n) is 1.94. The van der Waals surface area contributed by atoms with Crippen LogP contribution in [0.3, 0.4) is 0 Å². The molecule has 126 valence electrons. The maximum Gasteiger partial charge on any atom is 0.241 e. The number of anilines is 1. The van der Waals surface area contributed by atoms with Gasteiger partial charge in [-0.2, -0.15) is 11.8 Å². The fourth-order valence-corrected chi connectivity index (χ4v) is 2.43. The number of hydrogen-bond acceptors (Lipinski definition) is 5. The van der Waals surface area contributed by atoms with E-state index in [0.29, 0.717) is 18.0 Å². The number of thioether (sulfide) groups is 1. The molecule has 1 amide bonds. The molecule has 2 aromatic rings. The molecule has 1 unspecified atom stereocenters. The number of carbonyl (C=O) groups excluding carboxylic acids is 1. The minimum Gasteiger partial charge on any atom is -0.441 e. The van der Waals surface area contributed by atoms with E-state index in [1.807, 2.05) is 44.4 Å². The molecule has 1 atom stereocenters. The summed E-state index contributed by atoms with van der Waals surface area (Å²) in [5.74, 6) is 2.04. The third-order valence-electron chi connectivity index (χ3n) is 3.38. The molecule has 23 heavy (non-hydrogen) atoms. The molecule has 1 aromatic heterocycles. The van der Waals surface area contributed by atoms with Crippen molar-refractivity contribution in [2.75, 3.05) is 17.3 Å². The van der Waals surface area contributed by atoms with Gasteiger partial charge in [0.25, 0.3) is 0 Å². The quantitative estimate of drug-likeness (QED) is 0.830. The van der Waals surface area contributed by atoms with Gasteiger partial charge < -0.3 is 15.5 Å². The number of carbonyl (C=O) groups is 1. The van der Waals surface area contributed by atoms with Gasteiger partial charge in [0.15, 0.2) is 0 Å². The van der Waals surface area contributed by atoms with Gasteiger partial charge in [-0.3, -0.25) is 4.79 Å². The molecular weight excluding hydrogens is 334 g/mol. The summed E-state index contributed by atoms with van der Waals surface area (Å²) in [6.07, 6.45) is 2.65. The molecule has 5 nitrogen and oxygen atoms in total. The number of halogens is 1. The number of oxazole rings is 1. The highest BCUT2D eigenvalue weighted by Gasteiger charge is 2.14. The predicted molar refractivity (Wildman–Crippen MR) is 98.3 cm³/mol. The highest BCUT2D eigenvalue weighted by Crippen LogP contribution is 2.24. The van der Waals surface area contributed by atoms with E-state index >= 15 is 0 Å². The number of nitrogens with one attached hydrogen (secondary N) is 1. The SMILES string of the molecule is CSCCC(N)C(=O)Nc1cccc(-c2nc(C)c(C)o2)c1.Cl. The van der Waals surface area contributed by atoms with E-state index in [4.69, 9.17) is 10.2 Å². The van der Waals surface area contributed by atoms with Crippen molar-refractivity contribution in [1.29, 1.82) is 0 Å². The van der Waals surface area contributed by atoms with E-state index in [0.717, 1.165) is 22.8 Å². The number of nitrogens with two attached hydrogens (primary N) is 1. The zero-order valence-electron chi connectivity index (χ0n) is 13.5. The Morgan fingerprint density at radius 2 is 2.17 bits per heavy atom. The van der Waals surface area contributed by atoms with Crippen LogP contribution >= 0.6 is 24.2 Å². The third kappa shape index (κ3) is 5.27. The Balaban J connectivity index is 0.00000264. The molecule has 0 bridgehead atoms. The van der Waals surface area contributed by atoms with Crippen LogP contribution in [0.5, 0.6) is 0 Å². The lowest BCUT2D eigenvalue weighted by Crippen LogP contribution is -2.36. The Morgan fingerprint density at radius 3 is 2.78 bits per heavy atom. The van der Waals surface area contributed by atoms with Crippen molar-refractivity contribution >= 4 is 35.8 Å². The van der Waals surface area contributed by atoms with Crippen LogP contribution in [0.15, 0.2) is 28.7 Å². The first-order chi connectivity index (χ1) is 10.5. The molecule has 3 N–H and O–H groups in total. The lowest BCUT2D eigenvalue weighted by molar-refractivity contribution is -0.117. The first-order valence-corrected chi connectivity index (χ1v) is 8.50. The largest absolute Gasteiger partial charge is 0.441 e. The van der Waals surface area contributed by atoms with Gasteiger partial charge in [0.2, 0.25) is 11.8 Å². The lowest BCUT2D eigenvalue weighted by atomic mass is 10.2. The van der Waals surface area contributed by atoms with Crippen molar-refractivity contribution in [3.05, 3.63) is 35.7 Å². The van der Waals surface area contributed by atoms with Crippen LogP contribution in [0.25, 0.3) is 11.5 Å². The maximum atomic E-state index is 12.0. The summed E-state index contributed by atoms with van der Waals surface area (Å²) in [5.41, 5.74) is 8.25. The topological polar surface area (TPSA) is 81.2 Å². The van der Waals surface area contributed by atoms with E-state index in [1.54, 1.807) is 11.8 Å². The predicted octanol–water partition coefficient (Wildman–Crippen LogP) is 3.40. The van der Waals surface area contributed by atoms with Crippen molar-refractivity contribution in [3.8, 4) is 11.5 Å². The molecule has 0 fully saturated rings. The number of amides is 1. The van der Waals surface area contributed by atoms with E-state index in [9.17, 15) is 4.79 Å². The van der Waals surface area contributed by atoms with Crippen LogP contribution in [0.4, 0.5) is 5.69 Å². The molecule has 0 saturated heterocycles. The van der Waals surface area contributed by atoms with Gasteiger partial charge in [-0.25, -0.2) is 4.98 Å². The first-order valence-electron chi connectivity index (χ1n) is 7.11. The number of aryl methyl sites for hydroxylation is 2. The van der Waals surface area contributed by atoms with E-state index in [-0.39, 0.29) is 18.3 Å². The van der Waals surface area contributed by atoms with Crippen molar-refractivity contribution in [2.45, 2.75) is 26.3 Å². The maximum absolute atomic E-state index is 12.0. The Kier molecular flexibility index (Phi) is 7.61. The Hall–Kier alpha value is -1.50. The molecule has 1 aromatic carbocycles. The van der Waals surface area contributed by atoms with E-state index in [1.165, 1.54) is 0 Å². The average molecular weight is 356 g/mol. The summed E-state index contributed by atoms with van der Waals surface area (Å²) >= 11 is 1.68. The van der Waals surface area contributed by atoms with Gasteiger partial charge in [-0.15, -0.1) is 12.4 Å². The molecule has 0 aliphatic rings. The van der Waals surface area contributed by atoms with Crippen LogP contribution in [0.2, 0.25) is 0 Å². The highest BCUT2D eigenvalue weighted by molar-refractivity contribution is 7.98. The average Bonchev–Trinajstić information content (AvgIpc) is 2.84. The highest BCUT2D eigenvalue weighted by atomic mass is 35.5. The summed E-state index contributed by atoms with van der Waals surface area (Å²) < 4.78 is 5.61. The number of benzene rings is 1. The summed E-state index contributed by atoms with van der Waals surface area (Å²) in [4.78, 5) is 16.4. The van der Waals surface area contributed by atoms with Gasteiger partial charge in [0.05, 0.1) is 11.7 Å². The van der Waals surface area contributed by atoms with Gasteiger partial charge in [-0.05, 0) is 50.5 Å². The molecule has 7 heteroatoms. The number of rotatable bonds is 6. The van der Waals surface area contributed by atoms with Crippen molar-refractivity contribution in [3.63, 3.8) is 0 Å². The van der Waals surface area contributed by atoms with Crippen LogP contribution in [-0.4, -0.2) is 28.9 Å². The van der Waals surface area contributed by atoms with Gasteiger partial charge in [-0.1, -0.05) is 6.07 Å². The molecular formula is C16H22ClN3O2S. The van der Waals surface area contributed by atoms with Crippen molar-refractivity contribution < 1.29 is 9.21 Å². The molecule has 1 heterocycles. The Bertz CT molecular complexity index is 641. The standard InChI is InChI=1S/C16H21N3O2S.ClH/c1-10-11(2)21-16(18-10)12-5-4-6-13(9-12)19-15(20)14(17)7-8-22-3;/h4-6,9,14H,7-8,17H2,1-3H3,(H,19,20);1H. The van der Waals surface area contributed by atoms with Crippen LogP contribution < -0.4 is 11.1 Å². The van der Waals surface area contributed by atoms with Gasteiger partial charge >= 0.3 is 0 Å². The van der Waals surface area contributed by atoms with Gasteiger partial charge in [0, 0.05) is 11.3 Å². The first kappa shape index (κ1) is 19.5. The smallest absolute Gasteiger partial charge is 0.241 e. The minimum atomic E-state index is -0.498. The number of hydrogen-bond donors (Lipinski definition) is 2. The Morgan fingerprint density at radius 1 is 1.43 bits per heavy atom. The third-order valence-corrected chi connectivity index (χ3v) is 4.02. The zero-order valence-corrected chi connectivity index (χ0v) is 15.1. The normalized spacial score (nSPS) is 11.7. The summed E-state index contributed by atoms with van der Waals surface area (Å²) in [6, 6.07) is 6.92. The second-order valence-corrected chi connectivity index (χ2v) is 6.10.